The van der Waals surface area contributed by atoms with Crippen LogP contribution in [-0.2, 0) is 6.42 Å². The summed E-state index contributed by atoms with van der Waals surface area (Å²) in [7, 11) is 2.22. The molecule has 2 nitrogen and oxygen atoms in total. The lowest BCUT2D eigenvalue weighted by molar-refractivity contribution is 0.397. The monoisotopic (exact) mass is 208 g/mol. The maximum Gasteiger partial charge on any atom is 0.0276 e. The molecule has 0 aliphatic carbocycles. The smallest absolute Gasteiger partial charge is 0.0276 e. The highest BCUT2D eigenvalue weighted by Crippen LogP contribution is 2.34. The van der Waals surface area contributed by atoms with Crippen LogP contribution in [0.1, 0.15) is 16.4 Å². The molecule has 3 rings (SSSR count). The van der Waals surface area contributed by atoms with Gasteiger partial charge in [-0.15, -0.1) is 11.3 Å². The van der Waals surface area contributed by atoms with E-state index in [1.807, 2.05) is 11.3 Å². The first-order valence-corrected chi connectivity index (χ1v) is 6.21. The summed E-state index contributed by atoms with van der Waals surface area (Å²) in [5, 5.41) is 5.93. The van der Waals surface area contributed by atoms with Gasteiger partial charge in [0.1, 0.15) is 0 Å². The Hall–Kier alpha value is -0.380. The van der Waals surface area contributed by atoms with Gasteiger partial charge in [-0.25, -0.2) is 0 Å². The minimum atomic E-state index is 0.691. The van der Waals surface area contributed by atoms with E-state index in [-0.39, 0.29) is 0 Å². The maximum atomic E-state index is 3.67. The highest BCUT2D eigenvalue weighted by Gasteiger charge is 2.34. The standard InChI is InChI=1S/C11H16N2S/c1-13-6-9-8-3-5-14-11(8)2-4-12-10(9)7-13/h3,5,9-10,12H,2,4,6-7H2,1H3. The lowest BCUT2D eigenvalue weighted by Crippen LogP contribution is -2.34. The number of likely N-dealkylation sites (tertiary alicyclic amines) is 1. The van der Waals surface area contributed by atoms with Crippen LogP contribution in [0.3, 0.4) is 0 Å². The first-order valence-electron chi connectivity index (χ1n) is 5.33. The van der Waals surface area contributed by atoms with Gasteiger partial charge in [-0.05, 0) is 30.5 Å². The third-order valence-electron chi connectivity index (χ3n) is 3.44. The summed E-state index contributed by atoms with van der Waals surface area (Å²) in [5.41, 5.74) is 1.62. The summed E-state index contributed by atoms with van der Waals surface area (Å²) in [6.07, 6.45) is 1.23. The van der Waals surface area contributed by atoms with Crippen LogP contribution >= 0.6 is 11.3 Å². The van der Waals surface area contributed by atoms with E-state index in [2.05, 4.69) is 28.7 Å². The lowest BCUT2D eigenvalue weighted by Gasteiger charge is -2.15. The fourth-order valence-corrected chi connectivity index (χ4v) is 3.73. The van der Waals surface area contributed by atoms with Crippen LogP contribution in [0.4, 0.5) is 0 Å². The molecular weight excluding hydrogens is 192 g/mol. The molecule has 76 valence electrons. The van der Waals surface area contributed by atoms with Crippen LogP contribution in [0.15, 0.2) is 11.4 Å². The molecule has 14 heavy (non-hydrogen) atoms. The fraction of sp³-hybridized carbons (Fsp3) is 0.636. The van der Waals surface area contributed by atoms with Gasteiger partial charge in [0.05, 0.1) is 0 Å². The van der Waals surface area contributed by atoms with E-state index in [4.69, 9.17) is 0 Å². The molecular formula is C11H16N2S. The molecule has 0 aromatic carbocycles. The Labute approximate surface area is 88.9 Å². The van der Waals surface area contributed by atoms with E-state index in [1.54, 1.807) is 10.4 Å². The summed E-state index contributed by atoms with van der Waals surface area (Å²) in [4.78, 5) is 4.05. The molecule has 0 spiro atoms. The van der Waals surface area contributed by atoms with Gasteiger partial charge < -0.3 is 10.2 Å². The molecule has 1 fully saturated rings. The van der Waals surface area contributed by atoms with Crippen molar-refractivity contribution in [1.29, 1.82) is 0 Å². The van der Waals surface area contributed by atoms with Gasteiger partial charge in [0, 0.05) is 36.5 Å². The van der Waals surface area contributed by atoms with Crippen LogP contribution < -0.4 is 5.32 Å². The van der Waals surface area contributed by atoms with Crippen molar-refractivity contribution in [2.45, 2.75) is 18.4 Å². The molecule has 2 aliphatic heterocycles. The van der Waals surface area contributed by atoms with Crippen molar-refractivity contribution in [1.82, 2.24) is 10.2 Å². The van der Waals surface area contributed by atoms with E-state index < -0.39 is 0 Å². The van der Waals surface area contributed by atoms with E-state index in [1.165, 1.54) is 19.5 Å². The molecule has 0 saturated carbocycles. The van der Waals surface area contributed by atoms with Crippen molar-refractivity contribution < 1.29 is 0 Å². The first-order chi connectivity index (χ1) is 6.84. The largest absolute Gasteiger partial charge is 0.312 e. The van der Waals surface area contributed by atoms with Gasteiger partial charge in [-0.3, -0.25) is 0 Å². The highest BCUT2D eigenvalue weighted by molar-refractivity contribution is 7.10. The molecule has 2 atom stereocenters. The molecule has 2 aliphatic rings. The van der Waals surface area contributed by atoms with Gasteiger partial charge in [-0.2, -0.15) is 0 Å². The van der Waals surface area contributed by atoms with Gasteiger partial charge in [-0.1, -0.05) is 0 Å². The summed E-state index contributed by atoms with van der Waals surface area (Å²) < 4.78 is 0. The quantitative estimate of drug-likeness (QED) is 0.691. The summed E-state index contributed by atoms with van der Waals surface area (Å²) in [6.45, 7) is 3.59. The van der Waals surface area contributed by atoms with Crippen LogP contribution in [0.5, 0.6) is 0 Å². The zero-order valence-corrected chi connectivity index (χ0v) is 9.31. The van der Waals surface area contributed by atoms with E-state index >= 15 is 0 Å². The molecule has 3 heterocycles. The molecule has 1 N–H and O–H groups in total. The zero-order valence-electron chi connectivity index (χ0n) is 8.49. The number of nitrogens with one attached hydrogen (secondary N) is 1. The van der Waals surface area contributed by atoms with Crippen LogP contribution in [0.25, 0.3) is 0 Å². The third kappa shape index (κ3) is 1.31. The van der Waals surface area contributed by atoms with Crippen molar-refractivity contribution in [2.24, 2.45) is 0 Å². The average molecular weight is 208 g/mol. The Bertz CT molecular complexity index is 334. The minimum absolute atomic E-state index is 0.691. The van der Waals surface area contributed by atoms with Crippen molar-refractivity contribution in [3.63, 3.8) is 0 Å². The second kappa shape index (κ2) is 3.33. The van der Waals surface area contributed by atoms with Gasteiger partial charge in [0.25, 0.3) is 0 Å². The molecule has 2 unspecified atom stereocenters. The SMILES string of the molecule is CN1CC2NCCc3sccc3C2C1. The van der Waals surface area contributed by atoms with Gasteiger partial charge in [0.15, 0.2) is 0 Å². The lowest BCUT2D eigenvalue weighted by atomic mass is 9.96. The minimum Gasteiger partial charge on any atom is -0.312 e. The first kappa shape index (κ1) is 8.89. The predicted octanol–water partition coefficient (Wildman–Crippen LogP) is 1.29. The molecule has 1 saturated heterocycles. The van der Waals surface area contributed by atoms with Crippen molar-refractivity contribution >= 4 is 11.3 Å². The van der Waals surface area contributed by atoms with Crippen LogP contribution in [0, 0.1) is 0 Å². The highest BCUT2D eigenvalue weighted by atomic mass is 32.1. The molecule has 1 aromatic rings. The topological polar surface area (TPSA) is 15.3 Å². The number of hydrogen-bond acceptors (Lipinski definition) is 3. The Balaban J connectivity index is 1.98. The Kier molecular flexibility index (Phi) is 2.11. The second-order valence-electron chi connectivity index (χ2n) is 4.44. The van der Waals surface area contributed by atoms with E-state index in [9.17, 15) is 0 Å². The fourth-order valence-electron chi connectivity index (χ4n) is 2.78. The van der Waals surface area contributed by atoms with Crippen LogP contribution in [-0.4, -0.2) is 37.6 Å². The Morgan fingerprint density at radius 1 is 1.50 bits per heavy atom. The number of thiophene rings is 1. The zero-order chi connectivity index (χ0) is 9.54. The number of likely N-dealkylation sites (N-methyl/N-ethyl adjacent to an activating group) is 1. The number of fused-ring (bicyclic) bond motifs is 3. The molecule has 0 amide bonds. The predicted molar refractivity (Wildman–Crippen MR) is 60.1 cm³/mol. The number of rotatable bonds is 0. The number of hydrogen-bond donors (Lipinski definition) is 1. The van der Waals surface area contributed by atoms with Crippen molar-refractivity contribution in [2.75, 3.05) is 26.7 Å². The summed E-state index contributed by atoms with van der Waals surface area (Å²) in [5.74, 6) is 0.740. The maximum absolute atomic E-state index is 3.67. The average Bonchev–Trinajstić information content (AvgIpc) is 2.70. The summed E-state index contributed by atoms with van der Waals surface area (Å²) in [6, 6.07) is 3.03. The molecule has 0 bridgehead atoms. The van der Waals surface area contributed by atoms with Gasteiger partial charge >= 0.3 is 0 Å². The van der Waals surface area contributed by atoms with E-state index in [0.717, 1.165) is 12.5 Å². The normalized spacial score (nSPS) is 32.4. The van der Waals surface area contributed by atoms with Crippen LogP contribution in [0.2, 0.25) is 0 Å². The van der Waals surface area contributed by atoms with Crippen molar-refractivity contribution in [3.8, 4) is 0 Å². The number of nitrogens with zero attached hydrogens (tertiary/aromatic N) is 1. The molecule has 1 aromatic heterocycles. The van der Waals surface area contributed by atoms with Gasteiger partial charge in [0.2, 0.25) is 0 Å². The Morgan fingerprint density at radius 3 is 3.36 bits per heavy atom. The third-order valence-corrected chi connectivity index (χ3v) is 4.44. The molecule has 0 radical (unpaired) electrons. The summed E-state index contributed by atoms with van der Waals surface area (Å²) >= 11 is 1.93. The van der Waals surface area contributed by atoms with E-state index in [0.29, 0.717) is 6.04 Å². The molecule has 3 heteroatoms. The second-order valence-corrected chi connectivity index (χ2v) is 5.44. The Morgan fingerprint density at radius 2 is 2.43 bits per heavy atom. The van der Waals surface area contributed by atoms with Crippen molar-refractivity contribution in [3.05, 3.63) is 21.9 Å².